The van der Waals surface area contributed by atoms with Crippen molar-refractivity contribution >= 4 is 17.6 Å². The molecule has 1 fully saturated rings. The van der Waals surface area contributed by atoms with Crippen molar-refractivity contribution in [3.8, 4) is 17.2 Å². The Bertz CT molecular complexity index is 706. The number of halogens is 1. The van der Waals surface area contributed by atoms with E-state index in [-0.39, 0.29) is 43.2 Å². The predicted molar refractivity (Wildman–Crippen MR) is 94.2 cm³/mol. The molecule has 0 amide bonds. The Morgan fingerprint density at radius 2 is 1.96 bits per heavy atom. The van der Waals surface area contributed by atoms with Gasteiger partial charge in [0.15, 0.2) is 11.5 Å². The predicted octanol–water partition coefficient (Wildman–Crippen LogP) is 4.23. The third kappa shape index (κ3) is 3.71. The van der Waals surface area contributed by atoms with Crippen LogP contribution in [-0.2, 0) is 9.53 Å². The van der Waals surface area contributed by atoms with Gasteiger partial charge in [-0.25, -0.2) is 0 Å². The maximum Gasteiger partial charge on any atom is 0.310 e. The van der Waals surface area contributed by atoms with Crippen LogP contribution >= 0.6 is 11.6 Å². The topological polar surface area (TPSA) is 54.0 Å². The Morgan fingerprint density at radius 1 is 1.28 bits per heavy atom. The Kier molecular flexibility index (Phi) is 4.87. The van der Waals surface area contributed by atoms with E-state index in [0.717, 1.165) is 0 Å². The van der Waals surface area contributed by atoms with Crippen LogP contribution in [0.25, 0.3) is 0 Å². The molecule has 3 rings (SSSR count). The summed E-state index contributed by atoms with van der Waals surface area (Å²) < 4.78 is 21.5. The molecule has 0 N–H and O–H groups in total. The summed E-state index contributed by atoms with van der Waals surface area (Å²) in [6.07, 6.45) is 2.15. The fraction of sp³-hybridized carbons (Fsp3) is 0.526. The average molecular weight is 367 g/mol. The summed E-state index contributed by atoms with van der Waals surface area (Å²) in [4.78, 5) is 12.3. The Hall–Kier alpha value is -1.88. The van der Waals surface area contributed by atoms with Gasteiger partial charge in [-0.3, -0.25) is 4.79 Å². The van der Waals surface area contributed by atoms with Crippen molar-refractivity contribution in [2.45, 2.75) is 27.7 Å². The van der Waals surface area contributed by atoms with E-state index in [0.29, 0.717) is 22.3 Å². The van der Waals surface area contributed by atoms with E-state index in [9.17, 15) is 4.79 Å². The fourth-order valence-electron chi connectivity index (χ4n) is 3.19. The molecule has 136 valence electrons. The fourth-order valence-corrected chi connectivity index (χ4v) is 3.40. The molecule has 1 aliphatic carbocycles. The molecule has 5 nitrogen and oxygen atoms in total. The Balaban J connectivity index is 1.48. The third-order valence-electron chi connectivity index (χ3n) is 4.69. The lowest BCUT2D eigenvalue weighted by Crippen LogP contribution is -2.15. The Labute approximate surface area is 152 Å². The number of carbonyl (C=O) groups excluding carboxylic acids is 1. The van der Waals surface area contributed by atoms with Gasteiger partial charge in [0.05, 0.1) is 10.9 Å². The molecule has 2 unspecified atom stereocenters. The highest BCUT2D eigenvalue weighted by molar-refractivity contribution is 6.32. The zero-order valence-corrected chi connectivity index (χ0v) is 15.7. The maximum atomic E-state index is 12.3. The molecule has 1 aromatic carbocycles. The second-order valence-corrected chi connectivity index (χ2v) is 7.63. The van der Waals surface area contributed by atoms with Gasteiger partial charge in [-0.05, 0) is 25.2 Å². The number of rotatable bonds is 6. The van der Waals surface area contributed by atoms with Crippen molar-refractivity contribution in [2.75, 3.05) is 20.0 Å². The van der Waals surface area contributed by atoms with E-state index in [1.165, 1.54) is 5.57 Å². The lowest BCUT2D eigenvalue weighted by molar-refractivity contribution is -0.146. The van der Waals surface area contributed by atoms with Crippen molar-refractivity contribution in [3.05, 3.63) is 28.8 Å². The van der Waals surface area contributed by atoms with Crippen LogP contribution in [-0.4, -0.2) is 26.0 Å². The number of hydrogen-bond acceptors (Lipinski definition) is 5. The molecule has 0 bridgehead atoms. The first-order valence-corrected chi connectivity index (χ1v) is 8.72. The van der Waals surface area contributed by atoms with Gasteiger partial charge in [-0.2, -0.15) is 0 Å². The quantitative estimate of drug-likeness (QED) is 0.428. The van der Waals surface area contributed by atoms with E-state index in [1.54, 1.807) is 12.1 Å². The molecule has 1 heterocycles. The second kappa shape index (κ2) is 6.79. The largest absolute Gasteiger partial charge is 0.488 e. The zero-order valence-electron chi connectivity index (χ0n) is 14.9. The van der Waals surface area contributed by atoms with Gasteiger partial charge in [0.2, 0.25) is 6.79 Å². The van der Waals surface area contributed by atoms with Gasteiger partial charge >= 0.3 is 5.97 Å². The molecule has 1 aliphatic heterocycles. The zero-order chi connectivity index (χ0) is 18.2. The summed E-state index contributed by atoms with van der Waals surface area (Å²) in [5, 5.41) is 0.433. The minimum Gasteiger partial charge on any atom is -0.488 e. The standard InChI is InChI=1S/C19H23ClO5/c1-11(2)7-12-17(19(12,3)4)18(21)23-6-5-22-14-9-16-15(8-13(14)20)24-10-25-16/h7-9,12,17H,5-6,10H2,1-4H3. The second-order valence-electron chi connectivity index (χ2n) is 7.22. The molecule has 2 aliphatic rings. The summed E-state index contributed by atoms with van der Waals surface area (Å²) in [5.74, 6) is 1.67. The van der Waals surface area contributed by atoms with Gasteiger partial charge in [0.1, 0.15) is 19.0 Å². The van der Waals surface area contributed by atoms with E-state index in [1.807, 2.05) is 13.8 Å². The number of benzene rings is 1. The first kappa shape index (κ1) is 17.9. The van der Waals surface area contributed by atoms with Crippen molar-refractivity contribution in [2.24, 2.45) is 17.3 Å². The van der Waals surface area contributed by atoms with Crippen molar-refractivity contribution in [1.82, 2.24) is 0 Å². The molecule has 1 saturated carbocycles. The summed E-state index contributed by atoms with van der Waals surface area (Å²) in [6, 6.07) is 3.34. The van der Waals surface area contributed by atoms with Crippen molar-refractivity contribution in [3.63, 3.8) is 0 Å². The lowest BCUT2D eigenvalue weighted by atomic mass is 10.1. The van der Waals surface area contributed by atoms with Crippen LogP contribution in [0, 0.1) is 17.3 Å². The summed E-state index contributed by atoms with van der Waals surface area (Å²) in [5.41, 5.74) is 1.17. The number of esters is 1. The number of allylic oxidation sites excluding steroid dienone is 2. The minimum atomic E-state index is -0.173. The normalized spacial score (nSPS) is 22.3. The van der Waals surface area contributed by atoms with Crippen molar-refractivity contribution in [1.29, 1.82) is 0 Å². The SMILES string of the molecule is CC(C)=CC1C(C(=O)OCCOc2cc3c(cc2Cl)OCO3)C1(C)C. The Morgan fingerprint density at radius 3 is 2.64 bits per heavy atom. The summed E-state index contributed by atoms with van der Waals surface area (Å²) >= 11 is 6.14. The van der Waals surface area contributed by atoms with Gasteiger partial charge in [0, 0.05) is 12.1 Å². The molecule has 1 aromatic rings. The highest BCUT2D eigenvalue weighted by Gasteiger charge is 2.61. The van der Waals surface area contributed by atoms with Crippen LogP contribution in [0.2, 0.25) is 5.02 Å². The highest BCUT2D eigenvalue weighted by Crippen LogP contribution is 2.59. The molecule has 6 heteroatoms. The number of hydrogen-bond donors (Lipinski definition) is 0. The smallest absolute Gasteiger partial charge is 0.310 e. The monoisotopic (exact) mass is 366 g/mol. The van der Waals surface area contributed by atoms with E-state index in [4.69, 9.17) is 30.5 Å². The molecule has 0 spiro atoms. The first-order chi connectivity index (χ1) is 11.8. The average Bonchev–Trinajstić information content (AvgIpc) is 2.86. The number of fused-ring (bicyclic) bond motifs is 1. The van der Waals surface area contributed by atoms with Crippen LogP contribution in [0.3, 0.4) is 0 Å². The number of carbonyl (C=O) groups is 1. The lowest BCUT2D eigenvalue weighted by Gasteiger charge is -2.10. The minimum absolute atomic E-state index is 0.0458. The molecular weight excluding hydrogens is 344 g/mol. The first-order valence-electron chi connectivity index (χ1n) is 8.34. The summed E-state index contributed by atoms with van der Waals surface area (Å²) in [7, 11) is 0. The van der Waals surface area contributed by atoms with E-state index in [2.05, 4.69) is 19.9 Å². The molecule has 0 saturated heterocycles. The molecule has 0 radical (unpaired) electrons. The molecule has 2 atom stereocenters. The molecular formula is C19H23ClO5. The van der Waals surface area contributed by atoms with Crippen molar-refractivity contribution < 1.29 is 23.7 Å². The van der Waals surface area contributed by atoms with Crippen LogP contribution in [0.5, 0.6) is 17.2 Å². The van der Waals surface area contributed by atoms with E-state index < -0.39 is 0 Å². The van der Waals surface area contributed by atoms with Gasteiger partial charge in [-0.15, -0.1) is 0 Å². The van der Waals surface area contributed by atoms with Gasteiger partial charge in [0.25, 0.3) is 0 Å². The van der Waals surface area contributed by atoms with Crippen LogP contribution in [0.4, 0.5) is 0 Å². The number of ether oxygens (including phenoxy) is 4. The highest BCUT2D eigenvalue weighted by atomic mass is 35.5. The molecule has 0 aromatic heterocycles. The molecule has 25 heavy (non-hydrogen) atoms. The van der Waals surface area contributed by atoms with Gasteiger partial charge in [-0.1, -0.05) is 37.1 Å². The van der Waals surface area contributed by atoms with Crippen LogP contribution < -0.4 is 14.2 Å². The maximum absolute atomic E-state index is 12.3. The van der Waals surface area contributed by atoms with Gasteiger partial charge < -0.3 is 18.9 Å². The summed E-state index contributed by atoms with van der Waals surface area (Å²) in [6.45, 7) is 8.84. The van der Waals surface area contributed by atoms with E-state index >= 15 is 0 Å². The van der Waals surface area contributed by atoms with Crippen LogP contribution in [0.15, 0.2) is 23.8 Å². The van der Waals surface area contributed by atoms with Crippen LogP contribution in [0.1, 0.15) is 27.7 Å². The third-order valence-corrected chi connectivity index (χ3v) is 4.99.